The molecule has 0 unspecified atom stereocenters. The van der Waals surface area contributed by atoms with E-state index in [1.807, 2.05) is 50.8 Å². The molecule has 0 saturated heterocycles. The van der Waals surface area contributed by atoms with E-state index in [1.54, 1.807) is 18.3 Å². The number of allylic oxidation sites excluding steroid dienone is 3. The molecule has 1 fully saturated rings. The van der Waals surface area contributed by atoms with Crippen molar-refractivity contribution in [3.63, 3.8) is 0 Å². The third-order valence-corrected chi connectivity index (χ3v) is 9.13. The number of imidazole rings is 1. The van der Waals surface area contributed by atoms with Crippen LogP contribution in [0.25, 0.3) is 52.0 Å². The van der Waals surface area contributed by atoms with Crippen LogP contribution in [0.1, 0.15) is 63.0 Å². The van der Waals surface area contributed by atoms with Gasteiger partial charge in [0.1, 0.15) is 11.5 Å². The summed E-state index contributed by atoms with van der Waals surface area (Å²) in [7, 11) is 4.09. The number of aromatic amines is 2. The number of aryl methyl sites for hydroxylation is 1. The molecule has 1 aliphatic rings. The van der Waals surface area contributed by atoms with Crippen LogP contribution in [-0.4, -0.2) is 55.7 Å². The Hall–Kier alpha value is -4.89. The van der Waals surface area contributed by atoms with Crippen LogP contribution in [0.4, 0.5) is 10.1 Å². The van der Waals surface area contributed by atoms with E-state index in [4.69, 9.17) is 4.98 Å². The highest BCUT2D eigenvalue weighted by molar-refractivity contribution is 5.91. The quantitative estimate of drug-likeness (QED) is 0.133. The first-order valence-electron chi connectivity index (χ1n) is 16.9. The SMILES string of the molecule is C=C(CC1CCCCC1)Nc1cncc(/C(C)=C/C=c2/[nH]nc(-c3nc4nccc(-c5cc(F)cc(CCCN(C)C)c5)c4[nH]3)c2=C)c1. The van der Waals surface area contributed by atoms with Gasteiger partial charge in [0.05, 0.1) is 22.8 Å². The zero-order valence-corrected chi connectivity index (χ0v) is 28.2. The normalized spacial score (nSPS) is 14.7. The lowest BCUT2D eigenvalue weighted by atomic mass is 9.86. The maximum atomic E-state index is 14.7. The summed E-state index contributed by atoms with van der Waals surface area (Å²) < 4.78 is 14.7. The van der Waals surface area contributed by atoms with Gasteiger partial charge < -0.3 is 15.2 Å². The number of H-pyrrole nitrogens is 2. The highest BCUT2D eigenvalue weighted by Gasteiger charge is 2.16. The third-order valence-electron chi connectivity index (χ3n) is 9.13. The van der Waals surface area contributed by atoms with Crippen molar-refractivity contribution in [2.45, 2.75) is 58.3 Å². The standard InChI is InChI=1S/C39H45FN8/c1-25(31-22-33(24-41-23-31)43-26(2)18-28-10-7-6-8-11-28)13-14-35-27(3)36(47-46-35)39-44-37-34(15-16-42-38(37)45-39)30-19-29(20-32(40)21-30)12-9-17-48(4)5/h13-16,19-24,28,43,46H,2-3,6-12,17-18H2,1,4-5H3,(H,42,44,45)/b25-13+,35-14+. The van der Waals surface area contributed by atoms with Gasteiger partial charge in [-0.15, -0.1) is 0 Å². The number of nitrogens with zero attached hydrogens (tertiary/aromatic N) is 5. The molecule has 6 rings (SSSR count). The van der Waals surface area contributed by atoms with Gasteiger partial charge in [-0.3, -0.25) is 10.1 Å². The molecule has 0 amide bonds. The molecule has 0 atom stereocenters. The minimum Gasteiger partial charge on any atom is -0.358 e. The molecule has 0 aliphatic heterocycles. The number of hydrogen-bond donors (Lipinski definition) is 3. The Morgan fingerprint density at radius 1 is 1.12 bits per heavy atom. The zero-order chi connectivity index (χ0) is 33.6. The second kappa shape index (κ2) is 14.9. The Balaban J connectivity index is 1.21. The first-order chi connectivity index (χ1) is 23.2. The van der Waals surface area contributed by atoms with Crippen LogP contribution in [0, 0.1) is 11.7 Å². The van der Waals surface area contributed by atoms with Crippen molar-refractivity contribution < 1.29 is 4.39 Å². The molecule has 0 spiro atoms. The van der Waals surface area contributed by atoms with Gasteiger partial charge in [-0.2, -0.15) is 5.10 Å². The van der Waals surface area contributed by atoms with Crippen LogP contribution in [-0.2, 0) is 6.42 Å². The summed E-state index contributed by atoms with van der Waals surface area (Å²) in [6, 6.07) is 9.21. The molecule has 1 aromatic carbocycles. The van der Waals surface area contributed by atoms with Gasteiger partial charge in [-0.1, -0.05) is 57.4 Å². The van der Waals surface area contributed by atoms with E-state index in [9.17, 15) is 4.39 Å². The molecule has 0 bridgehead atoms. The second-order valence-electron chi connectivity index (χ2n) is 13.3. The van der Waals surface area contributed by atoms with Crippen LogP contribution < -0.4 is 15.9 Å². The van der Waals surface area contributed by atoms with Crippen LogP contribution in [0.3, 0.4) is 0 Å². The molecule has 1 saturated carbocycles. The summed E-state index contributed by atoms with van der Waals surface area (Å²) >= 11 is 0. The van der Waals surface area contributed by atoms with Crippen LogP contribution in [0.15, 0.2) is 67.3 Å². The first-order valence-corrected chi connectivity index (χ1v) is 16.9. The van der Waals surface area contributed by atoms with Gasteiger partial charge in [0.2, 0.25) is 0 Å². The monoisotopic (exact) mass is 644 g/mol. The Morgan fingerprint density at radius 2 is 1.96 bits per heavy atom. The van der Waals surface area contributed by atoms with Crippen molar-refractivity contribution in [3.8, 4) is 22.6 Å². The van der Waals surface area contributed by atoms with Gasteiger partial charge in [0.15, 0.2) is 11.5 Å². The van der Waals surface area contributed by atoms with Crippen molar-refractivity contribution in [2.75, 3.05) is 26.0 Å². The number of rotatable bonds is 12. The van der Waals surface area contributed by atoms with E-state index in [0.29, 0.717) is 22.4 Å². The molecule has 48 heavy (non-hydrogen) atoms. The lowest BCUT2D eigenvalue weighted by Crippen LogP contribution is -2.21. The van der Waals surface area contributed by atoms with Gasteiger partial charge in [0.25, 0.3) is 0 Å². The summed E-state index contributed by atoms with van der Waals surface area (Å²) in [5.41, 5.74) is 8.50. The number of benzene rings is 1. The van der Waals surface area contributed by atoms with Crippen LogP contribution in [0.5, 0.6) is 0 Å². The Kier molecular flexibility index (Phi) is 10.3. The van der Waals surface area contributed by atoms with Gasteiger partial charge in [-0.05, 0) is 105 Å². The van der Waals surface area contributed by atoms with Crippen molar-refractivity contribution in [1.29, 1.82) is 0 Å². The number of aromatic nitrogens is 6. The number of hydrogen-bond acceptors (Lipinski definition) is 6. The van der Waals surface area contributed by atoms with E-state index in [0.717, 1.165) is 81.8 Å². The lowest BCUT2D eigenvalue weighted by Gasteiger charge is -2.22. The minimum absolute atomic E-state index is 0.258. The van der Waals surface area contributed by atoms with Gasteiger partial charge in [-0.25, -0.2) is 14.4 Å². The van der Waals surface area contributed by atoms with Crippen LogP contribution >= 0.6 is 0 Å². The molecule has 3 N–H and O–H groups in total. The Labute approximate surface area is 281 Å². The molecule has 4 heterocycles. The van der Waals surface area contributed by atoms with E-state index in [1.165, 1.54) is 32.1 Å². The van der Waals surface area contributed by atoms with E-state index in [2.05, 4.69) is 61.5 Å². The largest absolute Gasteiger partial charge is 0.358 e. The maximum Gasteiger partial charge on any atom is 0.178 e. The molecule has 1 aliphatic carbocycles. The second-order valence-corrected chi connectivity index (χ2v) is 13.3. The summed E-state index contributed by atoms with van der Waals surface area (Å²) in [6.45, 7) is 11.6. The summed E-state index contributed by atoms with van der Waals surface area (Å²) in [4.78, 5) is 19.2. The Bertz CT molecular complexity index is 2050. The topological polar surface area (TPSA) is 98.4 Å². The van der Waals surface area contributed by atoms with E-state index in [-0.39, 0.29) is 5.82 Å². The summed E-state index contributed by atoms with van der Waals surface area (Å²) in [6.07, 6.45) is 18.8. The third kappa shape index (κ3) is 7.97. The fourth-order valence-corrected chi connectivity index (χ4v) is 6.55. The molecule has 9 heteroatoms. The molecule has 0 radical (unpaired) electrons. The molecule has 4 aromatic heterocycles. The summed E-state index contributed by atoms with van der Waals surface area (Å²) in [5.74, 6) is 1.02. The molecular formula is C39H45FN8. The van der Waals surface area contributed by atoms with Gasteiger partial charge >= 0.3 is 0 Å². The summed E-state index contributed by atoms with van der Waals surface area (Å²) in [5, 5.41) is 12.6. The van der Waals surface area contributed by atoms with Crippen molar-refractivity contribution in [3.05, 3.63) is 94.8 Å². The first kappa shape index (κ1) is 33.0. The van der Waals surface area contributed by atoms with Crippen LogP contribution in [0.2, 0.25) is 0 Å². The molecule has 248 valence electrons. The average molecular weight is 645 g/mol. The average Bonchev–Trinajstić information content (AvgIpc) is 3.66. The predicted octanol–water partition coefficient (Wildman–Crippen LogP) is 7.23. The fourth-order valence-electron chi connectivity index (χ4n) is 6.55. The number of anilines is 1. The molecule has 8 nitrogen and oxygen atoms in total. The lowest BCUT2D eigenvalue weighted by molar-refractivity contribution is 0.357. The van der Waals surface area contributed by atoms with E-state index < -0.39 is 0 Å². The van der Waals surface area contributed by atoms with Crippen molar-refractivity contribution >= 4 is 35.1 Å². The predicted molar refractivity (Wildman–Crippen MR) is 195 cm³/mol. The molecule has 5 aromatic rings. The number of fused-ring (bicyclic) bond motifs is 1. The number of pyridine rings is 2. The minimum atomic E-state index is -0.258. The van der Waals surface area contributed by atoms with Crippen molar-refractivity contribution in [1.82, 2.24) is 35.0 Å². The number of nitrogens with one attached hydrogen (secondary N) is 3. The van der Waals surface area contributed by atoms with Gasteiger partial charge in [0, 0.05) is 28.9 Å². The molecular weight excluding hydrogens is 599 g/mol. The number of halogens is 1. The highest BCUT2D eigenvalue weighted by Crippen LogP contribution is 2.30. The fraction of sp³-hybridized carbons (Fsp3) is 0.333. The smallest absolute Gasteiger partial charge is 0.178 e. The zero-order valence-electron chi connectivity index (χ0n) is 28.2. The van der Waals surface area contributed by atoms with Crippen molar-refractivity contribution in [2.24, 2.45) is 5.92 Å². The highest BCUT2D eigenvalue weighted by atomic mass is 19.1. The van der Waals surface area contributed by atoms with E-state index >= 15 is 0 Å². The maximum absolute atomic E-state index is 14.7. The Morgan fingerprint density at radius 3 is 2.77 bits per heavy atom.